The summed E-state index contributed by atoms with van der Waals surface area (Å²) < 4.78 is 9.22. The van der Waals surface area contributed by atoms with Gasteiger partial charge >= 0.3 is 5.82 Å². The average molecular weight is 194 g/mol. The standard InChI is InChI=1S/C9H6O3S/c10-9-11-6-8(12-9)13-7-4-2-1-3-5-7/h1-6H. The minimum Gasteiger partial charge on any atom is -0.398 e. The molecule has 1 aromatic heterocycles. The lowest BCUT2D eigenvalue weighted by molar-refractivity contribution is 0.359. The molecule has 0 fully saturated rings. The molecule has 0 aliphatic carbocycles. The highest BCUT2D eigenvalue weighted by atomic mass is 32.2. The number of benzene rings is 1. The third-order valence-electron chi connectivity index (χ3n) is 1.40. The van der Waals surface area contributed by atoms with Crippen LogP contribution >= 0.6 is 11.8 Å². The van der Waals surface area contributed by atoms with Crippen LogP contribution in [0.2, 0.25) is 0 Å². The van der Waals surface area contributed by atoms with Crippen molar-refractivity contribution in [3.05, 3.63) is 47.2 Å². The van der Waals surface area contributed by atoms with Crippen LogP contribution in [0.1, 0.15) is 0 Å². The fourth-order valence-corrected chi connectivity index (χ4v) is 1.61. The van der Waals surface area contributed by atoms with Gasteiger partial charge in [0, 0.05) is 4.90 Å². The minimum atomic E-state index is -0.668. The Balaban J connectivity index is 2.20. The van der Waals surface area contributed by atoms with Gasteiger partial charge in [-0.15, -0.1) is 0 Å². The second-order valence-electron chi connectivity index (χ2n) is 2.32. The van der Waals surface area contributed by atoms with Crippen molar-refractivity contribution >= 4 is 11.8 Å². The highest BCUT2D eigenvalue weighted by molar-refractivity contribution is 7.99. The second kappa shape index (κ2) is 3.53. The molecule has 0 N–H and O–H groups in total. The monoisotopic (exact) mass is 194 g/mol. The first-order valence-electron chi connectivity index (χ1n) is 3.66. The summed E-state index contributed by atoms with van der Waals surface area (Å²) in [7, 11) is 0. The van der Waals surface area contributed by atoms with E-state index in [0.29, 0.717) is 5.09 Å². The van der Waals surface area contributed by atoms with Crippen molar-refractivity contribution < 1.29 is 8.83 Å². The Morgan fingerprint density at radius 2 is 1.92 bits per heavy atom. The molecular weight excluding hydrogens is 188 g/mol. The smallest absolute Gasteiger partial charge is 0.398 e. The highest BCUT2D eigenvalue weighted by Crippen LogP contribution is 2.25. The van der Waals surface area contributed by atoms with Gasteiger partial charge in [-0.25, -0.2) is 4.79 Å². The van der Waals surface area contributed by atoms with Gasteiger partial charge in [0.05, 0.1) is 0 Å². The SMILES string of the molecule is O=c1occ(Sc2ccccc2)o1. The molecule has 4 heteroatoms. The van der Waals surface area contributed by atoms with Gasteiger partial charge in [0.2, 0.25) is 5.09 Å². The molecule has 0 unspecified atom stereocenters. The van der Waals surface area contributed by atoms with Gasteiger partial charge < -0.3 is 8.83 Å². The zero-order chi connectivity index (χ0) is 9.10. The Hall–Kier alpha value is -1.42. The molecule has 13 heavy (non-hydrogen) atoms. The van der Waals surface area contributed by atoms with Gasteiger partial charge in [-0.2, -0.15) is 0 Å². The predicted octanol–water partition coefficient (Wildman–Crippen LogP) is 2.38. The quantitative estimate of drug-likeness (QED) is 0.736. The molecular formula is C9H6O3S. The van der Waals surface area contributed by atoms with E-state index in [1.165, 1.54) is 18.0 Å². The van der Waals surface area contributed by atoms with E-state index >= 15 is 0 Å². The lowest BCUT2D eigenvalue weighted by Gasteiger charge is -1.93. The minimum absolute atomic E-state index is 0.469. The predicted molar refractivity (Wildman–Crippen MR) is 47.8 cm³/mol. The second-order valence-corrected chi connectivity index (χ2v) is 3.40. The molecule has 1 aromatic carbocycles. The van der Waals surface area contributed by atoms with Crippen molar-refractivity contribution in [2.45, 2.75) is 9.99 Å². The number of hydrogen-bond acceptors (Lipinski definition) is 4. The fraction of sp³-hybridized carbons (Fsp3) is 0. The molecule has 1 heterocycles. The van der Waals surface area contributed by atoms with Crippen LogP contribution in [0.3, 0.4) is 0 Å². The van der Waals surface area contributed by atoms with Gasteiger partial charge in [0.1, 0.15) is 6.26 Å². The third-order valence-corrected chi connectivity index (χ3v) is 2.29. The van der Waals surface area contributed by atoms with E-state index in [4.69, 9.17) is 4.42 Å². The van der Waals surface area contributed by atoms with Crippen molar-refractivity contribution in [1.29, 1.82) is 0 Å². The highest BCUT2D eigenvalue weighted by Gasteiger charge is 2.02. The molecule has 2 aromatic rings. The summed E-state index contributed by atoms with van der Waals surface area (Å²) in [5.41, 5.74) is 0. The van der Waals surface area contributed by atoms with E-state index in [0.717, 1.165) is 4.90 Å². The molecule has 0 aliphatic heterocycles. The molecule has 0 bridgehead atoms. The van der Waals surface area contributed by atoms with Crippen molar-refractivity contribution in [3.63, 3.8) is 0 Å². The summed E-state index contributed by atoms with van der Waals surface area (Å²) in [4.78, 5) is 11.5. The summed E-state index contributed by atoms with van der Waals surface area (Å²) in [6, 6.07) is 9.62. The Bertz CT molecular complexity index is 429. The first kappa shape index (κ1) is 8.19. The van der Waals surface area contributed by atoms with E-state index < -0.39 is 5.82 Å². The maximum atomic E-state index is 10.5. The zero-order valence-corrected chi connectivity index (χ0v) is 7.41. The van der Waals surface area contributed by atoms with Crippen LogP contribution in [0.15, 0.2) is 60.2 Å². The van der Waals surface area contributed by atoms with E-state index in [1.807, 2.05) is 30.3 Å². The summed E-state index contributed by atoms with van der Waals surface area (Å²) in [6.45, 7) is 0. The van der Waals surface area contributed by atoms with Gasteiger partial charge in [-0.3, -0.25) is 0 Å². The molecule has 3 nitrogen and oxygen atoms in total. The molecule has 0 aliphatic rings. The van der Waals surface area contributed by atoms with E-state index in [-0.39, 0.29) is 0 Å². The Kier molecular flexibility index (Phi) is 2.23. The van der Waals surface area contributed by atoms with Gasteiger partial charge in [-0.05, 0) is 23.9 Å². The Morgan fingerprint density at radius 3 is 2.54 bits per heavy atom. The van der Waals surface area contributed by atoms with Crippen molar-refractivity contribution in [2.24, 2.45) is 0 Å². The first-order valence-corrected chi connectivity index (χ1v) is 4.48. The molecule has 0 atom stereocenters. The summed E-state index contributed by atoms with van der Waals surface area (Å²) in [6.07, 6.45) is 1.31. The van der Waals surface area contributed by atoms with Gasteiger partial charge in [0.15, 0.2) is 0 Å². The molecule has 0 spiro atoms. The lowest BCUT2D eigenvalue weighted by atomic mass is 10.4. The summed E-state index contributed by atoms with van der Waals surface area (Å²) in [5, 5.41) is 0.469. The number of hydrogen-bond donors (Lipinski definition) is 0. The van der Waals surface area contributed by atoms with Crippen molar-refractivity contribution in [3.8, 4) is 0 Å². The van der Waals surface area contributed by atoms with Gasteiger partial charge in [0.25, 0.3) is 0 Å². The lowest BCUT2D eigenvalue weighted by Crippen LogP contribution is -1.84. The molecule has 0 saturated carbocycles. The van der Waals surface area contributed by atoms with Crippen LogP contribution in [0, 0.1) is 0 Å². The Morgan fingerprint density at radius 1 is 1.15 bits per heavy atom. The van der Waals surface area contributed by atoms with Gasteiger partial charge in [-0.1, -0.05) is 18.2 Å². The van der Waals surface area contributed by atoms with Crippen LogP contribution < -0.4 is 5.82 Å². The maximum Gasteiger partial charge on any atom is 0.519 e. The van der Waals surface area contributed by atoms with E-state index in [2.05, 4.69) is 4.42 Å². The van der Waals surface area contributed by atoms with Crippen molar-refractivity contribution in [1.82, 2.24) is 0 Å². The van der Waals surface area contributed by atoms with Crippen molar-refractivity contribution in [2.75, 3.05) is 0 Å². The number of rotatable bonds is 2. The van der Waals surface area contributed by atoms with Crippen LogP contribution in [-0.2, 0) is 0 Å². The summed E-state index contributed by atoms with van der Waals surface area (Å²) in [5.74, 6) is -0.668. The van der Waals surface area contributed by atoms with Crippen LogP contribution in [0.4, 0.5) is 0 Å². The molecule has 0 radical (unpaired) electrons. The zero-order valence-electron chi connectivity index (χ0n) is 6.60. The molecule has 66 valence electrons. The third kappa shape index (κ3) is 2.03. The van der Waals surface area contributed by atoms with Crippen LogP contribution in [0.5, 0.6) is 0 Å². The van der Waals surface area contributed by atoms with E-state index in [9.17, 15) is 4.79 Å². The maximum absolute atomic E-state index is 10.5. The van der Waals surface area contributed by atoms with E-state index in [1.54, 1.807) is 0 Å². The normalized spacial score (nSPS) is 10.2. The largest absolute Gasteiger partial charge is 0.519 e. The van der Waals surface area contributed by atoms with Crippen LogP contribution in [0.25, 0.3) is 0 Å². The topological polar surface area (TPSA) is 43.4 Å². The molecule has 0 saturated heterocycles. The Labute approximate surface area is 78.4 Å². The first-order chi connectivity index (χ1) is 6.34. The fourth-order valence-electron chi connectivity index (χ4n) is 0.876. The molecule has 0 amide bonds. The van der Waals surface area contributed by atoms with Crippen LogP contribution in [-0.4, -0.2) is 0 Å². The molecule has 2 rings (SSSR count). The average Bonchev–Trinajstić information content (AvgIpc) is 2.53. The summed E-state index contributed by atoms with van der Waals surface area (Å²) >= 11 is 1.35.